The molecule has 2 atom stereocenters. The Morgan fingerprint density at radius 2 is 1.61 bits per heavy atom. The van der Waals surface area contributed by atoms with E-state index in [1.54, 1.807) is 0 Å². The maximum Gasteiger partial charge on any atom is 0.391 e. The number of aliphatic imine (C=N–C) groups is 2. The van der Waals surface area contributed by atoms with Gasteiger partial charge in [-0.25, -0.2) is 19.6 Å². The van der Waals surface area contributed by atoms with E-state index < -0.39 is 24.1 Å². The summed E-state index contributed by atoms with van der Waals surface area (Å²) >= 11 is 0. The van der Waals surface area contributed by atoms with Gasteiger partial charge in [0.15, 0.2) is 0 Å². The molecule has 0 spiro atoms. The number of rotatable bonds is 4. The molecular weight excluding hydrogens is 364 g/mol. The van der Waals surface area contributed by atoms with E-state index in [0.29, 0.717) is 19.0 Å². The minimum atomic E-state index is -1.08. The summed E-state index contributed by atoms with van der Waals surface area (Å²) in [6, 6.07) is 18.2. The smallest absolute Gasteiger partial charge is 0.391 e. The molecule has 0 unspecified atom stereocenters. The second kappa shape index (κ2) is 8.81. The van der Waals surface area contributed by atoms with Crippen LogP contribution in [0.4, 0.5) is 0 Å². The van der Waals surface area contributed by atoms with Crippen LogP contribution in [0.5, 0.6) is 0 Å². The molecule has 4 rings (SSSR count). The van der Waals surface area contributed by atoms with E-state index in [-0.39, 0.29) is 5.90 Å². The summed E-state index contributed by atoms with van der Waals surface area (Å²) < 4.78 is 10.1. The second-order valence-electron chi connectivity index (χ2n) is 5.87. The lowest BCUT2D eigenvalue weighted by atomic mass is 10.0. The van der Waals surface area contributed by atoms with Crippen LogP contribution in [0.2, 0.25) is 0 Å². The zero-order valence-corrected chi connectivity index (χ0v) is 14.8. The molecule has 8 heteroatoms. The number of carboxylic acids is 2. The van der Waals surface area contributed by atoms with Crippen molar-refractivity contribution in [1.82, 2.24) is 0 Å². The van der Waals surface area contributed by atoms with Gasteiger partial charge in [0.25, 0.3) is 5.90 Å². The van der Waals surface area contributed by atoms with Crippen LogP contribution < -0.4 is 0 Å². The van der Waals surface area contributed by atoms with E-state index in [0.717, 1.165) is 11.1 Å². The average Bonchev–Trinajstić information content (AvgIpc) is 3.40. The van der Waals surface area contributed by atoms with Gasteiger partial charge < -0.3 is 19.7 Å². The molecule has 0 fully saturated rings. The number of carbonyl (C=O) groups is 2. The van der Waals surface area contributed by atoms with Crippen molar-refractivity contribution in [2.75, 3.05) is 13.2 Å². The SMILES string of the molecule is O=C(O)C1=NCCO1.O=C(O)[C@@H]1OC(c2ccccc2)=N[C@H]1c1ccccc1. The highest BCUT2D eigenvalue weighted by atomic mass is 16.5. The van der Waals surface area contributed by atoms with E-state index in [1.807, 2.05) is 60.7 Å². The highest BCUT2D eigenvalue weighted by molar-refractivity contribution is 6.31. The molecule has 2 aromatic carbocycles. The first-order valence-corrected chi connectivity index (χ1v) is 8.54. The number of nitrogens with zero attached hydrogens (tertiary/aromatic N) is 2. The highest BCUT2D eigenvalue weighted by Gasteiger charge is 2.38. The molecule has 2 N–H and O–H groups in total. The molecule has 2 heterocycles. The topological polar surface area (TPSA) is 118 Å². The van der Waals surface area contributed by atoms with Crippen molar-refractivity contribution in [1.29, 1.82) is 0 Å². The second-order valence-corrected chi connectivity index (χ2v) is 5.87. The zero-order chi connectivity index (χ0) is 19.9. The molecule has 0 radical (unpaired) electrons. The van der Waals surface area contributed by atoms with Crippen LogP contribution in [0, 0.1) is 0 Å². The van der Waals surface area contributed by atoms with E-state index in [2.05, 4.69) is 14.7 Å². The Morgan fingerprint density at radius 3 is 2.11 bits per heavy atom. The Kier molecular flexibility index (Phi) is 6.01. The zero-order valence-electron chi connectivity index (χ0n) is 14.8. The molecule has 2 aliphatic heterocycles. The van der Waals surface area contributed by atoms with Gasteiger partial charge in [0.2, 0.25) is 12.0 Å². The van der Waals surface area contributed by atoms with Gasteiger partial charge in [0, 0.05) is 5.56 Å². The van der Waals surface area contributed by atoms with Gasteiger partial charge in [-0.3, -0.25) is 0 Å². The summed E-state index contributed by atoms with van der Waals surface area (Å²) in [5.74, 6) is -1.87. The number of ether oxygens (including phenoxy) is 2. The fraction of sp³-hybridized carbons (Fsp3) is 0.200. The summed E-state index contributed by atoms with van der Waals surface area (Å²) in [5.41, 5.74) is 1.63. The summed E-state index contributed by atoms with van der Waals surface area (Å²) in [4.78, 5) is 29.3. The minimum absolute atomic E-state index is 0.162. The fourth-order valence-electron chi connectivity index (χ4n) is 2.68. The summed E-state index contributed by atoms with van der Waals surface area (Å²) in [6.07, 6.45) is -0.979. The predicted molar refractivity (Wildman–Crippen MR) is 101 cm³/mol. The molecule has 0 bridgehead atoms. The molecule has 8 nitrogen and oxygen atoms in total. The van der Waals surface area contributed by atoms with Gasteiger partial charge in [-0.05, 0) is 17.7 Å². The molecule has 28 heavy (non-hydrogen) atoms. The molecule has 2 aromatic rings. The third-order valence-electron chi connectivity index (χ3n) is 3.96. The Hall–Kier alpha value is -3.68. The first-order valence-electron chi connectivity index (χ1n) is 8.54. The first-order chi connectivity index (χ1) is 13.6. The quantitative estimate of drug-likeness (QED) is 0.837. The van der Waals surface area contributed by atoms with Crippen molar-refractivity contribution >= 4 is 23.7 Å². The number of carboxylic acid groups (broad SMARTS) is 2. The fourth-order valence-corrected chi connectivity index (χ4v) is 2.68. The number of hydrogen-bond acceptors (Lipinski definition) is 6. The Bertz CT molecular complexity index is 895. The van der Waals surface area contributed by atoms with Gasteiger partial charge >= 0.3 is 11.9 Å². The van der Waals surface area contributed by atoms with Crippen molar-refractivity contribution in [3.8, 4) is 0 Å². The van der Waals surface area contributed by atoms with Crippen molar-refractivity contribution < 1.29 is 29.3 Å². The van der Waals surface area contributed by atoms with Crippen LogP contribution in [0.15, 0.2) is 70.6 Å². The van der Waals surface area contributed by atoms with E-state index >= 15 is 0 Å². The van der Waals surface area contributed by atoms with Crippen molar-refractivity contribution in [3.63, 3.8) is 0 Å². The molecular formula is C20H18N2O6. The lowest BCUT2D eigenvalue weighted by Gasteiger charge is -2.13. The lowest BCUT2D eigenvalue weighted by Crippen LogP contribution is -2.26. The third-order valence-corrected chi connectivity index (χ3v) is 3.96. The van der Waals surface area contributed by atoms with Crippen molar-refractivity contribution in [2.45, 2.75) is 12.1 Å². The molecule has 0 saturated carbocycles. The van der Waals surface area contributed by atoms with Crippen LogP contribution in [-0.2, 0) is 19.1 Å². The van der Waals surface area contributed by atoms with Gasteiger partial charge in [-0.1, -0.05) is 48.5 Å². The molecule has 0 amide bonds. The Balaban J connectivity index is 0.000000236. The van der Waals surface area contributed by atoms with E-state index in [1.165, 1.54) is 0 Å². The van der Waals surface area contributed by atoms with Gasteiger partial charge in [0.05, 0.1) is 6.54 Å². The molecule has 0 saturated heterocycles. The predicted octanol–water partition coefficient (Wildman–Crippen LogP) is 2.16. The van der Waals surface area contributed by atoms with Gasteiger partial charge in [-0.2, -0.15) is 0 Å². The van der Waals surface area contributed by atoms with Crippen LogP contribution in [-0.4, -0.2) is 53.2 Å². The summed E-state index contributed by atoms with van der Waals surface area (Å²) in [5, 5.41) is 17.5. The molecule has 0 aliphatic carbocycles. The van der Waals surface area contributed by atoms with Crippen LogP contribution in [0.3, 0.4) is 0 Å². The van der Waals surface area contributed by atoms with Crippen LogP contribution in [0.1, 0.15) is 17.2 Å². The Morgan fingerprint density at radius 1 is 0.964 bits per heavy atom. The normalized spacial score (nSPS) is 20.0. The van der Waals surface area contributed by atoms with E-state index in [9.17, 15) is 14.7 Å². The van der Waals surface area contributed by atoms with E-state index in [4.69, 9.17) is 9.84 Å². The van der Waals surface area contributed by atoms with Crippen molar-refractivity contribution in [3.05, 3.63) is 71.8 Å². The summed E-state index contributed by atoms with van der Waals surface area (Å²) in [6.45, 7) is 0.878. The summed E-state index contributed by atoms with van der Waals surface area (Å²) in [7, 11) is 0. The standard InChI is InChI=1S/C16H13NO3.C4H5NO3/c18-16(19)14-13(11-7-3-1-4-8-11)17-15(20-14)12-9-5-2-6-10-12;6-4(7)3-5-1-2-8-3/h1-10,13-14H,(H,18,19);1-2H2,(H,6,7)/t13-,14+;/m0./s1. The van der Waals surface area contributed by atoms with Gasteiger partial charge in [-0.15, -0.1) is 0 Å². The molecule has 2 aliphatic rings. The largest absolute Gasteiger partial charge is 0.478 e. The van der Waals surface area contributed by atoms with Gasteiger partial charge in [0.1, 0.15) is 12.6 Å². The lowest BCUT2D eigenvalue weighted by molar-refractivity contribution is -0.145. The van der Waals surface area contributed by atoms with Crippen LogP contribution in [0.25, 0.3) is 0 Å². The third kappa shape index (κ3) is 4.53. The van der Waals surface area contributed by atoms with Crippen molar-refractivity contribution in [2.24, 2.45) is 9.98 Å². The minimum Gasteiger partial charge on any atom is -0.478 e. The van der Waals surface area contributed by atoms with Crippen LogP contribution >= 0.6 is 0 Å². The highest BCUT2D eigenvalue weighted by Crippen LogP contribution is 2.31. The maximum atomic E-state index is 11.4. The number of benzene rings is 2. The first kappa shape index (κ1) is 19.1. The monoisotopic (exact) mass is 382 g/mol. The Labute approximate surface area is 160 Å². The maximum absolute atomic E-state index is 11.4. The number of hydrogen-bond donors (Lipinski definition) is 2. The molecule has 0 aromatic heterocycles. The molecule has 144 valence electrons. The average molecular weight is 382 g/mol. The number of aliphatic carboxylic acids is 2.